The third-order valence-corrected chi connectivity index (χ3v) is 5.66. The van der Waals surface area contributed by atoms with Gasteiger partial charge in [0.15, 0.2) is 0 Å². The number of rotatable bonds is 3. The van der Waals surface area contributed by atoms with Crippen molar-refractivity contribution in [2.75, 3.05) is 31.1 Å². The van der Waals surface area contributed by atoms with Crippen molar-refractivity contribution in [3.8, 4) is 0 Å². The lowest BCUT2D eigenvalue weighted by Crippen LogP contribution is -2.37. The van der Waals surface area contributed by atoms with Crippen LogP contribution < -0.4 is 10.6 Å². The van der Waals surface area contributed by atoms with Gasteiger partial charge in [-0.3, -0.25) is 4.79 Å². The molecule has 0 unspecified atom stereocenters. The van der Waals surface area contributed by atoms with Crippen molar-refractivity contribution in [1.82, 2.24) is 14.3 Å². The smallest absolute Gasteiger partial charge is 0.222 e. The molecule has 1 amide bonds. The van der Waals surface area contributed by atoms with Gasteiger partial charge in [0.2, 0.25) is 11.0 Å². The molecule has 1 aromatic rings. The molecule has 1 aliphatic carbocycles. The third-order valence-electron chi connectivity index (χ3n) is 4.79. The predicted octanol–water partition coefficient (Wildman–Crippen LogP) is 1.40. The summed E-state index contributed by atoms with van der Waals surface area (Å²) in [5.74, 6) is 1.49. The Morgan fingerprint density at radius 1 is 1.27 bits per heavy atom. The van der Waals surface area contributed by atoms with Crippen molar-refractivity contribution in [3.63, 3.8) is 0 Å². The van der Waals surface area contributed by atoms with Crippen LogP contribution in [0.25, 0.3) is 0 Å². The lowest BCUT2D eigenvalue weighted by molar-refractivity contribution is -0.132. The molecule has 0 aromatic carbocycles. The molecule has 2 N–H and O–H groups in total. The second kappa shape index (κ2) is 6.91. The third kappa shape index (κ3) is 3.57. The molecule has 0 bridgehead atoms. The number of nitrogens with two attached hydrogens (primary N) is 1. The first-order chi connectivity index (χ1) is 10.6. The maximum absolute atomic E-state index is 12.5. The summed E-state index contributed by atoms with van der Waals surface area (Å²) in [6.45, 7) is 5.32. The second-order valence-corrected chi connectivity index (χ2v) is 7.13. The standard InChI is InChI=1S/C15H25N5OS/c1-11-17-15(22-18-11)20-7-3-6-19(8-9-20)14(21)10-12-4-2-5-13(12)16/h12-13H,2-10,16H2,1H3/t12-,13+/m0/s1. The van der Waals surface area contributed by atoms with Crippen LogP contribution in [0.3, 0.4) is 0 Å². The molecule has 6 nitrogen and oxygen atoms in total. The molecule has 1 saturated carbocycles. The van der Waals surface area contributed by atoms with Gasteiger partial charge in [-0.2, -0.15) is 4.37 Å². The van der Waals surface area contributed by atoms with Crippen molar-refractivity contribution in [2.24, 2.45) is 11.7 Å². The number of aromatic nitrogens is 2. The first kappa shape index (κ1) is 15.7. The molecule has 3 rings (SSSR count). The van der Waals surface area contributed by atoms with E-state index >= 15 is 0 Å². The normalized spacial score (nSPS) is 26.3. The fraction of sp³-hybridized carbons (Fsp3) is 0.800. The molecule has 2 atom stereocenters. The quantitative estimate of drug-likeness (QED) is 0.910. The van der Waals surface area contributed by atoms with Gasteiger partial charge in [0, 0.05) is 50.2 Å². The lowest BCUT2D eigenvalue weighted by atomic mass is 9.99. The molecule has 1 aromatic heterocycles. The van der Waals surface area contributed by atoms with Gasteiger partial charge in [0.25, 0.3) is 0 Å². The largest absolute Gasteiger partial charge is 0.345 e. The van der Waals surface area contributed by atoms with Crippen LogP contribution in [-0.2, 0) is 4.79 Å². The van der Waals surface area contributed by atoms with Crippen molar-refractivity contribution in [3.05, 3.63) is 5.82 Å². The van der Waals surface area contributed by atoms with Gasteiger partial charge < -0.3 is 15.5 Å². The van der Waals surface area contributed by atoms with E-state index in [1.165, 1.54) is 18.0 Å². The van der Waals surface area contributed by atoms with Gasteiger partial charge in [-0.1, -0.05) is 6.42 Å². The predicted molar refractivity (Wildman–Crippen MR) is 88.0 cm³/mol. The maximum Gasteiger partial charge on any atom is 0.222 e. The van der Waals surface area contributed by atoms with Crippen LogP contribution in [-0.4, -0.2) is 52.4 Å². The van der Waals surface area contributed by atoms with E-state index < -0.39 is 0 Å². The van der Waals surface area contributed by atoms with Gasteiger partial charge in [0.1, 0.15) is 5.82 Å². The monoisotopic (exact) mass is 323 g/mol. The molecular weight excluding hydrogens is 298 g/mol. The summed E-state index contributed by atoms with van der Waals surface area (Å²) in [4.78, 5) is 21.2. The summed E-state index contributed by atoms with van der Waals surface area (Å²) in [5.41, 5.74) is 6.10. The van der Waals surface area contributed by atoms with Crippen molar-refractivity contribution >= 4 is 22.6 Å². The van der Waals surface area contributed by atoms with E-state index in [4.69, 9.17) is 5.73 Å². The zero-order valence-electron chi connectivity index (χ0n) is 13.2. The Hall–Kier alpha value is -1.21. The van der Waals surface area contributed by atoms with Crippen LogP contribution in [0.2, 0.25) is 0 Å². The topological polar surface area (TPSA) is 75.4 Å². The van der Waals surface area contributed by atoms with Crippen LogP contribution in [0.15, 0.2) is 0 Å². The van der Waals surface area contributed by atoms with E-state index in [0.29, 0.717) is 12.3 Å². The lowest BCUT2D eigenvalue weighted by Gasteiger charge is -2.24. The Labute approximate surface area is 135 Å². The van der Waals surface area contributed by atoms with Crippen molar-refractivity contribution < 1.29 is 4.79 Å². The Bertz CT molecular complexity index is 520. The molecule has 122 valence electrons. The van der Waals surface area contributed by atoms with E-state index in [1.54, 1.807) is 0 Å². The number of hydrogen-bond donors (Lipinski definition) is 1. The zero-order valence-corrected chi connectivity index (χ0v) is 14.0. The Balaban J connectivity index is 1.54. The zero-order chi connectivity index (χ0) is 15.5. The number of nitrogens with zero attached hydrogens (tertiary/aromatic N) is 4. The SMILES string of the molecule is Cc1nsc(N2CCCN(C(=O)C[C@@H]3CCC[C@H]3N)CC2)n1. The van der Waals surface area contributed by atoms with Crippen molar-refractivity contribution in [2.45, 2.75) is 45.1 Å². The molecule has 1 saturated heterocycles. The minimum absolute atomic E-state index is 0.219. The van der Waals surface area contributed by atoms with Gasteiger partial charge in [0.05, 0.1) is 0 Å². The second-order valence-electron chi connectivity index (χ2n) is 6.40. The minimum Gasteiger partial charge on any atom is -0.345 e. The summed E-state index contributed by atoms with van der Waals surface area (Å²) in [6.07, 6.45) is 4.96. The van der Waals surface area contributed by atoms with Crippen LogP contribution in [0.4, 0.5) is 5.13 Å². The molecular formula is C15H25N5OS. The van der Waals surface area contributed by atoms with Crippen LogP contribution in [0.5, 0.6) is 0 Å². The van der Waals surface area contributed by atoms with Crippen molar-refractivity contribution in [1.29, 1.82) is 0 Å². The number of anilines is 1. The van der Waals surface area contributed by atoms with Gasteiger partial charge in [-0.25, -0.2) is 4.98 Å². The highest BCUT2D eigenvalue weighted by molar-refractivity contribution is 7.09. The van der Waals surface area contributed by atoms with E-state index in [0.717, 1.165) is 56.4 Å². The molecule has 2 heterocycles. The summed E-state index contributed by atoms with van der Waals surface area (Å²) in [6, 6.07) is 0.219. The number of amides is 1. The molecule has 2 fully saturated rings. The highest BCUT2D eigenvalue weighted by Gasteiger charge is 2.29. The number of carbonyl (C=O) groups excluding carboxylic acids is 1. The van der Waals surface area contributed by atoms with Crippen LogP contribution in [0, 0.1) is 12.8 Å². The van der Waals surface area contributed by atoms with E-state index in [2.05, 4.69) is 14.3 Å². The van der Waals surface area contributed by atoms with E-state index in [9.17, 15) is 4.79 Å². The molecule has 7 heteroatoms. The fourth-order valence-electron chi connectivity index (χ4n) is 3.45. The Morgan fingerprint density at radius 3 is 2.82 bits per heavy atom. The molecule has 1 aliphatic heterocycles. The van der Waals surface area contributed by atoms with Crippen LogP contribution >= 0.6 is 11.5 Å². The summed E-state index contributed by atoms with van der Waals surface area (Å²) < 4.78 is 4.25. The molecule has 0 spiro atoms. The van der Waals surface area contributed by atoms with Gasteiger partial charge in [-0.15, -0.1) is 0 Å². The van der Waals surface area contributed by atoms with E-state index in [-0.39, 0.29) is 11.9 Å². The Morgan fingerprint density at radius 2 is 2.14 bits per heavy atom. The molecule has 22 heavy (non-hydrogen) atoms. The first-order valence-corrected chi connectivity index (χ1v) is 8.99. The number of aryl methyl sites for hydroxylation is 1. The van der Waals surface area contributed by atoms with Gasteiger partial charge >= 0.3 is 0 Å². The summed E-state index contributed by atoms with van der Waals surface area (Å²) in [5, 5.41) is 0.976. The highest BCUT2D eigenvalue weighted by atomic mass is 32.1. The minimum atomic E-state index is 0.219. The maximum atomic E-state index is 12.5. The highest BCUT2D eigenvalue weighted by Crippen LogP contribution is 2.27. The summed E-state index contributed by atoms with van der Waals surface area (Å²) >= 11 is 1.45. The summed E-state index contributed by atoms with van der Waals surface area (Å²) in [7, 11) is 0. The number of hydrogen-bond acceptors (Lipinski definition) is 6. The average Bonchev–Trinajstić information content (AvgIpc) is 3.00. The van der Waals surface area contributed by atoms with Crippen LogP contribution in [0.1, 0.15) is 37.9 Å². The molecule has 0 radical (unpaired) electrons. The average molecular weight is 323 g/mol. The fourth-order valence-corrected chi connectivity index (χ4v) is 4.17. The number of carbonyl (C=O) groups is 1. The molecule has 2 aliphatic rings. The Kier molecular flexibility index (Phi) is 4.93. The van der Waals surface area contributed by atoms with E-state index in [1.807, 2.05) is 11.8 Å². The first-order valence-electron chi connectivity index (χ1n) is 8.22. The van der Waals surface area contributed by atoms with Gasteiger partial charge in [-0.05, 0) is 32.1 Å².